The van der Waals surface area contributed by atoms with Crippen LogP contribution in [0.3, 0.4) is 0 Å². The van der Waals surface area contributed by atoms with Crippen LogP contribution < -0.4 is 10.1 Å². The van der Waals surface area contributed by atoms with Crippen LogP contribution in [-0.4, -0.2) is 20.9 Å². The molecular weight excluding hydrogens is 404 g/mol. The van der Waals surface area contributed by atoms with Crippen molar-refractivity contribution < 1.29 is 28.5 Å². The van der Waals surface area contributed by atoms with E-state index in [1.165, 1.54) is 25.3 Å². The predicted octanol–water partition coefficient (Wildman–Crippen LogP) is 5.25. The SMILES string of the molecule is Cc1cc(NC(=O)c2c(Oc3ccc(F)nc3C)ncc(C(F)(F)F)c2C)ccn1.[HH]. The number of carbonyl (C=O) groups excluding carboxylic acids is 1. The van der Waals surface area contributed by atoms with E-state index in [2.05, 4.69) is 20.3 Å². The third kappa shape index (κ3) is 4.53. The Hall–Kier alpha value is -3.56. The average molecular weight is 422 g/mol. The highest BCUT2D eigenvalue weighted by molar-refractivity contribution is 6.07. The summed E-state index contributed by atoms with van der Waals surface area (Å²) in [7, 11) is 0. The summed E-state index contributed by atoms with van der Waals surface area (Å²) in [5.41, 5.74) is -0.733. The first kappa shape index (κ1) is 21.2. The molecule has 0 aliphatic carbocycles. The minimum atomic E-state index is -4.72. The Morgan fingerprint density at radius 3 is 2.50 bits per heavy atom. The number of amides is 1. The van der Waals surface area contributed by atoms with Crippen LogP contribution in [-0.2, 0) is 6.18 Å². The highest BCUT2D eigenvalue weighted by Crippen LogP contribution is 2.36. The van der Waals surface area contributed by atoms with Gasteiger partial charge in [0.1, 0.15) is 5.56 Å². The van der Waals surface area contributed by atoms with E-state index in [-0.39, 0.29) is 24.3 Å². The number of carbonyl (C=O) groups is 1. The fourth-order valence-electron chi connectivity index (χ4n) is 2.76. The Kier molecular flexibility index (Phi) is 5.68. The molecule has 10 heteroatoms. The number of alkyl halides is 3. The fraction of sp³-hybridized carbons (Fsp3) is 0.200. The fourth-order valence-corrected chi connectivity index (χ4v) is 2.76. The Morgan fingerprint density at radius 1 is 1.13 bits per heavy atom. The molecule has 0 aromatic carbocycles. The number of ether oxygens (including phenoxy) is 1. The lowest BCUT2D eigenvalue weighted by Crippen LogP contribution is -2.19. The van der Waals surface area contributed by atoms with Crippen molar-refractivity contribution in [2.45, 2.75) is 26.9 Å². The molecule has 3 aromatic rings. The number of pyridine rings is 3. The highest BCUT2D eigenvalue weighted by Gasteiger charge is 2.36. The molecule has 3 rings (SSSR count). The summed E-state index contributed by atoms with van der Waals surface area (Å²) >= 11 is 0. The van der Waals surface area contributed by atoms with E-state index < -0.39 is 29.2 Å². The monoisotopic (exact) mass is 422 g/mol. The first-order valence-electron chi connectivity index (χ1n) is 8.68. The van der Waals surface area contributed by atoms with Crippen molar-refractivity contribution in [2.75, 3.05) is 5.32 Å². The first-order chi connectivity index (χ1) is 14.1. The van der Waals surface area contributed by atoms with Crippen LogP contribution >= 0.6 is 0 Å². The smallest absolute Gasteiger partial charge is 0.418 e. The summed E-state index contributed by atoms with van der Waals surface area (Å²) < 4.78 is 58.9. The molecule has 0 spiro atoms. The van der Waals surface area contributed by atoms with Gasteiger partial charge in [-0.25, -0.2) is 9.97 Å². The molecule has 6 nitrogen and oxygen atoms in total. The van der Waals surface area contributed by atoms with Crippen LogP contribution in [0.25, 0.3) is 0 Å². The Morgan fingerprint density at radius 2 is 1.87 bits per heavy atom. The third-order valence-corrected chi connectivity index (χ3v) is 4.20. The van der Waals surface area contributed by atoms with E-state index in [1.54, 1.807) is 13.0 Å². The molecule has 0 fully saturated rings. The summed E-state index contributed by atoms with van der Waals surface area (Å²) in [6, 6.07) is 5.33. The van der Waals surface area contributed by atoms with Gasteiger partial charge in [0.15, 0.2) is 5.75 Å². The maximum atomic E-state index is 13.4. The minimum absolute atomic E-state index is 0. The Labute approximate surface area is 170 Å². The summed E-state index contributed by atoms with van der Waals surface area (Å²) in [5.74, 6) is -1.90. The molecule has 30 heavy (non-hydrogen) atoms. The lowest BCUT2D eigenvalue weighted by Gasteiger charge is -2.17. The molecular formula is C20H18F4N4O2. The number of hydrogen-bond acceptors (Lipinski definition) is 5. The van der Waals surface area contributed by atoms with Gasteiger partial charge in [0, 0.05) is 25.2 Å². The molecule has 0 aliphatic rings. The van der Waals surface area contributed by atoms with Crippen molar-refractivity contribution in [3.63, 3.8) is 0 Å². The standard InChI is InChI=1S/C20H16F4N4O2.H2/c1-10-8-13(6-7-25-10)28-18(29)17-11(2)14(20(22,23)24)9-26-19(17)30-15-4-5-16(21)27-12(15)3;/h4-9H,1-3H3,(H,25,28,29);1H. The molecule has 0 saturated heterocycles. The summed E-state index contributed by atoms with van der Waals surface area (Å²) in [6.45, 7) is 4.31. The summed E-state index contributed by atoms with van der Waals surface area (Å²) in [5, 5.41) is 2.53. The average Bonchev–Trinajstić information content (AvgIpc) is 2.63. The lowest BCUT2D eigenvalue weighted by molar-refractivity contribution is -0.138. The Balaban J connectivity index is 0.00000341. The second-order valence-corrected chi connectivity index (χ2v) is 6.43. The van der Waals surface area contributed by atoms with Crippen LogP contribution in [0.2, 0.25) is 0 Å². The van der Waals surface area contributed by atoms with Crippen LogP contribution in [0.4, 0.5) is 23.2 Å². The van der Waals surface area contributed by atoms with Crippen molar-refractivity contribution in [2.24, 2.45) is 0 Å². The maximum Gasteiger partial charge on any atom is 0.418 e. The molecule has 0 aliphatic heterocycles. The highest BCUT2D eigenvalue weighted by atomic mass is 19.4. The van der Waals surface area contributed by atoms with Crippen LogP contribution in [0.5, 0.6) is 11.6 Å². The largest absolute Gasteiger partial charge is 0.436 e. The molecule has 0 bridgehead atoms. The van der Waals surface area contributed by atoms with Gasteiger partial charge < -0.3 is 10.1 Å². The van der Waals surface area contributed by atoms with Crippen LogP contribution in [0, 0.1) is 26.7 Å². The van der Waals surface area contributed by atoms with E-state index in [0.29, 0.717) is 17.6 Å². The van der Waals surface area contributed by atoms with Crippen LogP contribution in [0.15, 0.2) is 36.7 Å². The second-order valence-electron chi connectivity index (χ2n) is 6.43. The maximum absolute atomic E-state index is 13.4. The van der Waals surface area contributed by atoms with Gasteiger partial charge in [0.05, 0.1) is 11.3 Å². The van der Waals surface area contributed by atoms with E-state index in [9.17, 15) is 22.4 Å². The second kappa shape index (κ2) is 8.05. The van der Waals surface area contributed by atoms with Gasteiger partial charge in [-0.15, -0.1) is 0 Å². The van der Waals surface area contributed by atoms with E-state index in [0.717, 1.165) is 13.0 Å². The number of rotatable bonds is 4. The number of nitrogens with zero attached hydrogens (tertiary/aromatic N) is 3. The van der Waals surface area contributed by atoms with Crippen molar-refractivity contribution >= 4 is 11.6 Å². The Bertz CT molecular complexity index is 1120. The summed E-state index contributed by atoms with van der Waals surface area (Å²) in [4.78, 5) is 24.2. The normalized spacial score (nSPS) is 11.3. The van der Waals surface area contributed by atoms with Crippen molar-refractivity contribution in [1.82, 2.24) is 15.0 Å². The van der Waals surface area contributed by atoms with Gasteiger partial charge in [0.2, 0.25) is 11.8 Å². The van der Waals surface area contributed by atoms with E-state index >= 15 is 0 Å². The number of aromatic nitrogens is 3. The van der Waals surface area contributed by atoms with Crippen molar-refractivity contribution in [3.8, 4) is 11.6 Å². The van der Waals surface area contributed by atoms with Gasteiger partial charge in [-0.2, -0.15) is 17.6 Å². The zero-order valence-electron chi connectivity index (χ0n) is 16.1. The third-order valence-electron chi connectivity index (χ3n) is 4.20. The zero-order valence-corrected chi connectivity index (χ0v) is 16.1. The number of anilines is 1. The molecule has 3 heterocycles. The predicted molar refractivity (Wildman–Crippen MR) is 102 cm³/mol. The van der Waals surface area contributed by atoms with E-state index in [1.807, 2.05) is 0 Å². The topological polar surface area (TPSA) is 77.0 Å². The number of hydrogen-bond donors (Lipinski definition) is 1. The van der Waals surface area contributed by atoms with Crippen molar-refractivity contribution in [3.05, 3.63) is 70.7 Å². The van der Waals surface area contributed by atoms with E-state index in [4.69, 9.17) is 4.74 Å². The van der Waals surface area contributed by atoms with Gasteiger partial charge in [0.25, 0.3) is 5.91 Å². The molecule has 0 radical (unpaired) electrons. The quantitative estimate of drug-likeness (QED) is 0.459. The van der Waals surface area contributed by atoms with Gasteiger partial charge >= 0.3 is 6.18 Å². The lowest BCUT2D eigenvalue weighted by atomic mass is 10.0. The number of aryl methyl sites for hydroxylation is 2. The number of halogens is 4. The first-order valence-corrected chi connectivity index (χ1v) is 8.68. The molecule has 0 atom stereocenters. The molecule has 158 valence electrons. The van der Waals surface area contributed by atoms with Crippen LogP contribution in [0.1, 0.15) is 34.3 Å². The van der Waals surface area contributed by atoms with Gasteiger partial charge in [-0.05, 0) is 50.6 Å². The molecule has 3 aromatic heterocycles. The molecule has 1 N–H and O–H groups in total. The minimum Gasteiger partial charge on any atom is -0.436 e. The molecule has 0 unspecified atom stereocenters. The van der Waals surface area contributed by atoms with Crippen molar-refractivity contribution in [1.29, 1.82) is 0 Å². The zero-order chi connectivity index (χ0) is 22.1. The van der Waals surface area contributed by atoms with Gasteiger partial charge in [-0.1, -0.05) is 0 Å². The molecule has 0 saturated carbocycles. The molecule has 1 amide bonds. The van der Waals surface area contributed by atoms with Gasteiger partial charge in [-0.3, -0.25) is 9.78 Å². The summed E-state index contributed by atoms with van der Waals surface area (Å²) in [6.07, 6.45) is -2.68. The number of nitrogens with one attached hydrogen (secondary N) is 1.